The molecular formula is C19H28N2O. The predicted molar refractivity (Wildman–Crippen MR) is 89.8 cm³/mol. The molecule has 2 aliphatic heterocycles. The lowest BCUT2D eigenvalue weighted by molar-refractivity contribution is -0.134. The number of nitrogens with zero attached hydrogens (tertiary/aromatic N) is 1. The van der Waals surface area contributed by atoms with E-state index in [1.807, 2.05) is 18.2 Å². The van der Waals surface area contributed by atoms with Gasteiger partial charge in [0.2, 0.25) is 5.91 Å². The zero-order valence-electron chi connectivity index (χ0n) is 13.8. The van der Waals surface area contributed by atoms with Crippen LogP contribution in [-0.2, 0) is 4.79 Å². The second-order valence-corrected chi connectivity index (χ2v) is 6.98. The topological polar surface area (TPSA) is 32.3 Å². The molecule has 2 fully saturated rings. The van der Waals surface area contributed by atoms with Crippen molar-refractivity contribution < 1.29 is 4.79 Å². The molecule has 120 valence electrons. The van der Waals surface area contributed by atoms with Crippen LogP contribution in [0.3, 0.4) is 0 Å². The summed E-state index contributed by atoms with van der Waals surface area (Å²) >= 11 is 0. The Labute approximate surface area is 134 Å². The van der Waals surface area contributed by atoms with E-state index in [1.165, 1.54) is 18.4 Å². The van der Waals surface area contributed by atoms with Gasteiger partial charge in [0.1, 0.15) is 0 Å². The van der Waals surface area contributed by atoms with E-state index in [1.54, 1.807) is 0 Å². The third kappa shape index (κ3) is 3.19. The van der Waals surface area contributed by atoms with Gasteiger partial charge in [-0.1, -0.05) is 50.6 Å². The molecule has 4 unspecified atom stereocenters. The van der Waals surface area contributed by atoms with Crippen LogP contribution in [0.4, 0.5) is 0 Å². The molecule has 1 aromatic rings. The summed E-state index contributed by atoms with van der Waals surface area (Å²) < 4.78 is 0. The number of benzene rings is 1. The lowest BCUT2D eigenvalue weighted by Crippen LogP contribution is -2.42. The van der Waals surface area contributed by atoms with Gasteiger partial charge >= 0.3 is 0 Å². The SMILES string of the molecule is CCC(C)C(C(=O)N1CCC2CCC(C1)N2)c1ccccc1. The van der Waals surface area contributed by atoms with Crippen molar-refractivity contribution in [3.8, 4) is 0 Å². The van der Waals surface area contributed by atoms with Crippen molar-refractivity contribution in [3.63, 3.8) is 0 Å². The van der Waals surface area contributed by atoms with Gasteiger partial charge in [0.15, 0.2) is 0 Å². The quantitative estimate of drug-likeness (QED) is 0.926. The molecule has 0 aliphatic carbocycles. The van der Waals surface area contributed by atoms with Crippen molar-refractivity contribution in [2.24, 2.45) is 5.92 Å². The third-order valence-corrected chi connectivity index (χ3v) is 5.47. The monoisotopic (exact) mass is 300 g/mol. The fraction of sp³-hybridized carbons (Fsp3) is 0.632. The Morgan fingerprint density at radius 1 is 1.23 bits per heavy atom. The summed E-state index contributed by atoms with van der Waals surface area (Å²) in [6.45, 7) is 6.18. The average Bonchev–Trinajstić information content (AvgIpc) is 2.87. The summed E-state index contributed by atoms with van der Waals surface area (Å²) in [6, 6.07) is 11.5. The average molecular weight is 300 g/mol. The molecule has 3 rings (SSSR count). The third-order valence-electron chi connectivity index (χ3n) is 5.47. The second-order valence-electron chi connectivity index (χ2n) is 6.98. The van der Waals surface area contributed by atoms with Gasteiger partial charge in [0.25, 0.3) is 0 Å². The van der Waals surface area contributed by atoms with E-state index < -0.39 is 0 Å². The Morgan fingerprint density at radius 3 is 2.68 bits per heavy atom. The number of carbonyl (C=O) groups is 1. The first kappa shape index (κ1) is 15.5. The molecule has 2 heterocycles. The molecule has 2 saturated heterocycles. The lowest BCUT2D eigenvalue weighted by Gasteiger charge is -2.31. The zero-order chi connectivity index (χ0) is 15.5. The van der Waals surface area contributed by atoms with Crippen LogP contribution in [0.1, 0.15) is 51.0 Å². The van der Waals surface area contributed by atoms with E-state index in [9.17, 15) is 4.79 Å². The highest BCUT2D eigenvalue weighted by molar-refractivity contribution is 5.84. The fourth-order valence-electron chi connectivity index (χ4n) is 3.95. The van der Waals surface area contributed by atoms with Crippen molar-refractivity contribution in [2.75, 3.05) is 13.1 Å². The van der Waals surface area contributed by atoms with Crippen LogP contribution in [-0.4, -0.2) is 36.0 Å². The molecule has 0 radical (unpaired) electrons. The van der Waals surface area contributed by atoms with Crippen molar-refractivity contribution >= 4 is 5.91 Å². The molecule has 0 saturated carbocycles. The summed E-state index contributed by atoms with van der Waals surface area (Å²) in [7, 11) is 0. The number of carbonyl (C=O) groups excluding carboxylic acids is 1. The van der Waals surface area contributed by atoms with Crippen LogP contribution >= 0.6 is 0 Å². The van der Waals surface area contributed by atoms with E-state index in [2.05, 4.69) is 36.2 Å². The van der Waals surface area contributed by atoms with Gasteiger partial charge < -0.3 is 10.2 Å². The Morgan fingerprint density at radius 2 is 1.95 bits per heavy atom. The van der Waals surface area contributed by atoms with Gasteiger partial charge in [0, 0.05) is 25.2 Å². The Kier molecular flexibility index (Phi) is 4.82. The number of hydrogen-bond acceptors (Lipinski definition) is 2. The second kappa shape index (κ2) is 6.82. The van der Waals surface area contributed by atoms with Crippen LogP contribution in [0.2, 0.25) is 0 Å². The largest absolute Gasteiger partial charge is 0.341 e. The van der Waals surface area contributed by atoms with E-state index >= 15 is 0 Å². The molecule has 4 atom stereocenters. The molecule has 3 nitrogen and oxygen atoms in total. The minimum absolute atomic E-state index is 0.00262. The molecule has 2 bridgehead atoms. The van der Waals surface area contributed by atoms with Gasteiger partial charge in [-0.2, -0.15) is 0 Å². The molecule has 1 N–H and O–H groups in total. The van der Waals surface area contributed by atoms with Crippen LogP contribution in [0.15, 0.2) is 30.3 Å². The number of rotatable bonds is 4. The maximum atomic E-state index is 13.2. The highest BCUT2D eigenvalue weighted by Gasteiger charge is 2.35. The summed E-state index contributed by atoms with van der Waals surface area (Å²) in [4.78, 5) is 15.4. The van der Waals surface area contributed by atoms with Crippen LogP contribution in [0.25, 0.3) is 0 Å². The molecule has 1 amide bonds. The van der Waals surface area contributed by atoms with Gasteiger partial charge in [-0.15, -0.1) is 0 Å². The predicted octanol–water partition coefficient (Wildman–Crippen LogP) is 3.17. The highest BCUT2D eigenvalue weighted by atomic mass is 16.2. The minimum atomic E-state index is 0.00262. The lowest BCUT2D eigenvalue weighted by atomic mass is 9.84. The Bertz CT molecular complexity index is 501. The number of nitrogens with one attached hydrogen (secondary N) is 1. The van der Waals surface area contributed by atoms with Crippen molar-refractivity contribution in [2.45, 2.75) is 57.5 Å². The number of fused-ring (bicyclic) bond motifs is 2. The van der Waals surface area contributed by atoms with Crippen molar-refractivity contribution in [3.05, 3.63) is 35.9 Å². The van der Waals surface area contributed by atoms with Crippen molar-refractivity contribution in [1.82, 2.24) is 10.2 Å². The van der Waals surface area contributed by atoms with Gasteiger partial charge in [-0.25, -0.2) is 0 Å². The van der Waals surface area contributed by atoms with E-state index in [-0.39, 0.29) is 5.92 Å². The van der Waals surface area contributed by atoms with E-state index in [4.69, 9.17) is 0 Å². The molecular weight excluding hydrogens is 272 g/mol. The smallest absolute Gasteiger partial charge is 0.230 e. The first-order chi connectivity index (χ1) is 10.7. The maximum Gasteiger partial charge on any atom is 0.230 e. The van der Waals surface area contributed by atoms with Crippen LogP contribution in [0, 0.1) is 5.92 Å². The minimum Gasteiger partial charge on any atom is -0.341 e. The standard InChI is InChI=1S/C19H28N2O/c1-3-14(2)18(15-7-5-4-6-8-15)19(22)21-12-11-16-9-10-17(13-21)20-16/h4-8,14,16-18,20H,3,9-13H2,1-2H3. The molecule has 1 aromatic carbocycles. The van der Waals surface area contributed by atoms with Gasteiger partial charge in [-0.3, -0.25) is 4.79 Å². The number of likely N-dealkylation sites (tertiary alicyclic amines) is 1. The summed E-state index contributed by atoms with van der Waals surface area (Å²) in [5.41, 5.74) is 1.17. The van der Waals surface area contributed by atoms with E-state index in [0.29, 0.717) is 23.9 Å². The first-order valence-electron chi connectivity index (χ1n) is 8.78. The maximum absolute atomic E-state index is 13.2. The Hall–Kier alpha value is -1.35. The highest BCUT2D eigenvalue weighted by Crippen LogP contribution is 2.30. The molecule has 2 aliphatic rings. The van der Waals surface area contributed by atoms with Crippen LogP contribution in [0.5, 0.6) is 0 Å². The van der Waals surface area contributed by atoms with Crippen LogP contribution < -0.4 is 5.32 Å². The molecule has 0 aromatic heterocycles. The normalized spacial score (nSPS) is 27.3. The molecule has 0 spiro atoms. The van der Waals surface area contributed by atoms with Gasteiger partial charge in [0.05, 0.1) is 5.92 Å². The van der Waals surface area contributed by atoms with Gasteiger partial charge in [-0.05, 0) is 30.7 Å². The molecule has 3 heteroatoms. The number of hydrogen-bond donors (Lipinski definition) is 1. The summed E-state index contributed by atoms with van der Waals surface area (Å²) in [5, 5.41) is 3.67. The Balaban J connectivity index is 1.80. The zero-order valence-corrected chi connectivity index (χ0v) is 13.8. The first-order valence-corrected chi connectivity index (χ1v) is 8.78. The fourth-order valence-corrected chi connectivity index (χ4v) is 3.95. The number of amides is 1. The summed E-state index contributed by atoms with van der Waals surface area (Å²) in [5.74, 6) is 0.709. The molecule has 22 heavy (non-hydrogen) atoms. The van der Waals surface area contributed by atoms with Crippen molar-refractivity contribution in [1.29, 1.82) is 0 Å². The van der Waals surface area contributed by atoms with E-state index in [0.717, 1.165) is 25.9 Å². The summed E-state index contributed by atoms with van der Waals surface area (Å²) in [6.07, 6.45) is 4.63.